The molecule has 0 aliphatic rings. The molecule has 0 radical (unpaired) electrons. The first-order valence-corrected chi connectivity index (χ1v) is 7.85. The van der Waals surface area contributed by atoms with E-state index in [1.54, 1.807) is 0 Å². The smallest absolute Gasteiger partial charge is 0.0681 e. The average Bonchev–Trinajstić information content (AvgIpc) is 2.10. The van der Waals surface area contributed by atoms with Gasteiger partial charge in [-0.25, -0.2) is 0 Å². The average molecular weight is 271 g/mol. The van der Waals surface area contributed by atoms with E-state index >= 15 is 0 Å². The quantitative estimate of drug-likeness (QED) is 0.569. The molecule has 0 amide bonds. The van der Waals surface area contributed by atoms with Crippen LogP contribution in [0.1, 0.15) is 89.0 Å². The van der Waals surface area contributed by atoms with Crippen molar-refractivity contribution in [2.24, 2.45) is 16.7 Å². The van der Waals surface area contributed by atoms with Gasteiger partial charge in [0.15, 0.2) is 0 Å². The Hall–Kier alpha value is -0.0400. The summed E-state index contributed by atoms with van der Waals surface area (Å²) in [5.41, 5.74) is 0.239. The summed E-state index contributed by atoms with van der Waals surface area (Å²) in [6, 6.07) is 0. The molecule has 0 heterocycles. The Labute approximate surface area is 122 Å². The van der Waals surface area contributed by atoms with E-state index in [9.17, 15) is 0 Å². The van der Waals surface area contributed by atoms with Gasteiger partial charge in [0.05, 0.1) is 11.2 Å². The minimum Gasteiger partial charge on any atom is -0.369 e. The monoisotopic (exact) mass is 270 g/mol. The Balaban J connectivity index is 4.92. The van der Waals surface area contributed by atoms with Crippen molar-refractivity contribution >= 4 is 0 Å². The Morgan fingerprint density at radius 3 is 1.58 bits per heavy atom. The fourth-order valence-corrected chi connectivity index (χ4v) is 2.70. The molecule has 0 saturated carbocycles. The van der Waals surface area contributed by atoms with Gasteiger partial charge in [0.25, 0.3) is 0 Å². The predicted molar refractivity (Wildman–Crippen MR) is 86.6 cm³/mol. The summed E-state index contributed by atoms with van der Waals surface area (Å²) >= 11 is 0. The lowest BCUT2D eigenvalue weighted by atomic mass is 9.71. The summed E-state index contributed by atoms with van der Waals surface area (Å²) in [7, 11) is 0. The molecule has 116 valence electrons. The van der Waals surface area contributed by atoms with Gasteiger partial charge < -0.3 is 4.74 Å². The largest absolute Gasteiger partial charge is 0.369 e. The molecule has 0 spiro atoms. The molecule has 0 aromatic rings. The molecule has 19 heavy (non-hydrogen) atoms. The summed E-state index contributed by atoms with van der Waals surface area (Å²) in [6.07, 6.45) is 2.32. The molecule has 1 atom stereocenters. The first-order valence-electron chi connectivity index (χ1n) is 7.85. The van der Waals surface area contributed by atoms with E-state index in [0.29, 0.717) is 11.3 Å². The van der Waals surface area contributed by atoms with E-state index in [1.165, 1.54) is 6.42 Å². The standard InChI is InChI=1S/C18H38O/c1-12-14(2)16(6,7)13-17(8,9)19-18(10,11)15(3,4)5/h14H,12-13H2,1-11H3. The van der Waals surface area contributed by atoms with Gasteiger partial charge in [-0.1, -0.05) is 54.9 Å². The van der Waals surface area contributed by atoms with Gasteiger partial charge in [-0.15, -0.1) is 0 Å². The second-order valence-corrected chi connectivity index (χ2v) is 9.10. The lowest BCUT2D eigenvalue weighted by Gasteiger charge is -2.47. The van der Waals surface area contributed by atoms with Crippen LogP contribution in [-0.4, -0.2) is 11.2 Å². The number of rotatable bonds is 6. The van der Waals surface area contributed by atoms with Crippen molar-refractivity contribution in [1.29, 1.82) is 0 Å². The molecular weight excluding hydrogens is 232 g/mol. The van der Waals surface area contributed by atoms with Crippen molar-refractivity contribution in [3.05, 3.63) is 0 Å². The lowest BCUT2D eigenvalue weighted by molar-refractivity contribution is -0.183. The number of ether oxygens (including phenoxy) is 1. The van der Waals surface area contributed by atoms with Gasteiger partial charge in [0.1, 0.15) is 0 Å². The Bertz CT molecular complexity index is 279. The Morgan fingerprint density at radius 1 is 0.842 bits per heavy atom. The fourth-order valence-electron chi connectivity index (χ4n) is 2.70. The highest BCUT2D eigenvalue weighted by molar-refractivity contribution is 4.90. The van der Waals surface area contributed by atoms with Crippen molar-refractivity contribution in [1.82, 2.24) is 0 Å². The third-order valence-corrected chi connectivity index (χ3v) is 5.17. The van der Waals surface area contributed by atoms with E-state index < -0.39 is 0 Å². The molecule has 0 N–H and O–H groups in total. The number of hydrogen-bond acceptors (Lipinski definition) is 1. The van der Waals surface area contributed by atoms with Crippen LogP contribution in [0.25, 0.3) is 0 Å². The summed E-state index contributed by atoms with van der Waals surface area (Å²) in [5, 5.41) is 0. The van der Waals surface area contributed by atoms with E-state index in [0.717, 1.165) is 6.42 Å². The van der Waals surface area contributed by atoms with E-state index in [4.69, 9.17) is 4.74 Å². The lowest BCUT2D eigenvalue weighted by Crippen LogP contribution is -2.47. The zero-order chi connectivity index (χ0) is 15.7. The van der Waals surface area contributed by atoms with Gasteiger partial charge in [0, 0.05) is 0 Å². The van der Waals surface area contributed by atoms with E-state index in [2.05, 4.69) is 76.2 Å². The van der Waals surface area contributed by atoms with Gasteiger partial charge >= 0.3 is 0 Å². The normalized spacial score (nSPS) is 16.6. The third kappa shape index (κ3) is 5.45. The van der Waals surface area contributed by atoms with Crippen LogP contribution in [0.15, 0.2) is 0 Å². The van der Waals surface area contributed by atoms with Crippen LogP contribution in [0.3, 0.4) is 0 Å². The third-order valence-electron chi connectivity index (χ3n) is 5.17. The van der Waals surface area contributed by atoms with Crippen molar-refractivity contribution < 1.29 is 4.74 Å². The topological polar surface area (TPSA) is 9.23 Å². The summed E-state index contributed by atoms with van der Waals surface area (Å²) in [6.45, 7) is 25.0. The molecule has 1 heteroatoms. The highest BCUT2D eigenvalue weighted by atomic mass is 16.5. The van der Waals surface area contributed by atoms with Gasteiger partial charge in [-0.3, -0.25) is 0 Å². The fraction of sp³-hybridized carbons (Fsp3) is 1.00. The van der Waals surface area contributed by atoms with Crippen molar-refractivity contribution in [2.45, 2.75) is 100 Å². The minimum absolute atomic E-state index is 0.0935. The first kappa shape index (κ1) is 19.0. The molecule has 1 nitrogen and oxygen atoms in total. The van der Waals surface area contributed by atoms with Crippen molar-refractivity contribution in [3.63, 3.8) is 0 Å². The van der Waals surface area contributed by atoms with Crippen LogP contribution in [0.5, 0.6) is 0 Å². The van der Waals surface area contributed by atoms with Crippen molar-refractivity contribution in [3.8, 4) is 0 Å². The molecule has 1 unspecified atom stereocenters. The Kier molecular flexibility index (Phi) is 5.74. The molecule has 0 saturated heterocycles. The van der Waals surface area contributed by atoms with Crippen LogP contribution in [0.4, 0.5) is 0 Å². The summed E-state index contributed by atoms with van der Waals surface area (Å²) in [4.78, 5) is 0. The molecular formula is C18H38O. The van der Waals surface area contributed by atoms with Crippen LogP contribution in [0.2, 0.25) is 0 Å². The molecule has 0 rings (SSSR count). The zero-order valence-electron chi connectivity index (χ0n) is 15.4. The highest BCUT2D eigenvalue weighted by Crippen LogP contribution is 2.42. The maximum absolute atomic E-state index is 6.52. The van der Waals surface area contributed by atoms with Crippen LogP contribution >= 0.6 is 0 Å². The van der Waals surface area contributed by atoms with E-state index in [-0.39, 0.29) is 16.6 Å². The number of hydrogen-bond donors (Lipinski definition) is 0. The van der Waals surface area contributed by atoms with Crippen LogP contribution in [-0.2, 0) is 4.74 Å². The van der Waals surface area contributed by atoms with Crippen LogP contribution in [0, 0.1) is 16.7 Å². The van der Waals surface area contributed by atoms with Crippen LogP contribution < -0.4 is 0 Å². The maximum atomic E-state index is 6.52. The highest BCUT2D eigenvalue weighted by Gasteiger charge is 2.41. The molecule has 0 bridgehead atoms. The van der Waals surface area contributed by atoms with Gasteiger partial charge in [0.2, 0.25) is 0 Å². The summed E-state index contributed by atoms with van der Waals surface area (Å²) < 4.78 is 6.52. The molecule has 0 aromatic carbocycles. The van der Waals surface area contributed by atoms with E-state index in [1.807, 2.05) is 0 Å². The Morgan fingerprint density at radius 2 is 1.26 bits per heavy atom. The van der Waals surface area contributed by atoms with Crippen molar-refractivity contribution in [2.75, 3.05) is 0 Å². The molecule has 0 aliphatic carbocycles. The second-order valence-electron chi connectivity index (χ2n) is 9.10. The van der Waals surface area contributed by atoms with Gasteiger partial charge in [-0.05, 0) is 50.9 Å². The second kappa shape index (κ2) is 5.76. The maximum Gasteiger partial charge on any atom is 0.0681 e. The molecule has 0 aromatic heterocycles. The van der Waals surface area contributed by atoms with Gasteiger partial charge in [-0.2, -0.15) is 0 Å². The SMILES string of the molecule is CCC(C)C(C)(C)CC(C)(C)OC(C)(C)C(C)(C)C. The summed E-state index contributed by atoms with van der Waals surface area (Å²) in [5.74, 6) is 0.716. The minimum atomic E-state index is -0.123. The molecule has 0 aliphatic heterocycles. The predicted octanol–water partition coefficient (Wildman–Crippen LogP) is 6.07. The molecule has 0 fully saturated rings. The first-order chi connectivity index (χ1) is 8.15. The zero-order valence-corrected chi connectivity index (χ0v) is 15.4.